The molecule has 1 aliphatic carbocycles. The summed E-state index contributed by atoms with van der Waals surface area (Å²) in [4.78, 5) is 0. The number of nitrogens with zero attached hydrogens (tertiary/aromatic N) is 1. The number of fused-ring (bicyclic) bond motifs is 1. The van der Waals surface area contributed by atoms with E-state index in [2.05, 4.69) is 52.4 Å². The van der Waals surface area contributed by atoms with Crippen molar-refractivity contribution in [2.75, 3.05) is 0 Å². The molecule has 2 aromatic carbocycles. The Hall–Kier alpha value is -1.63. The van der Waals surface area contributed by atoms with Gasteiger partial charge in [0.05, 0.1) is 11.6 Å². The van der Waals surface area contributed by atoms with Crippen LogP contribution in [0.25, 0.3) is 0 Å². The molecule has 0 amide bonds. The fourth-order valence-corrected chi connectivity index (χ4v) is 3.61. The van der Waals surface area contributed by atoms with Crippen LogP contribution in [0.2, 0.25) is 0 Å². The van der Waals surface area contributed by atoms with Crippen molar-refractivity contribution in [3.8, 4) is 6.07 Å². The molecule has 106 valence electrons. The third kappa shape index (κ3) is 2.88. The molecule has 2 aromatic rings. The van der Waals surface area contributed by atoms with Crippen LogP contribution in [0, 0.1) is 11.3 Å². The fraction of sp³-hybridized carbons (Fsp3) is 0.278. The van der Waals surface area contributed by atoms with E-state index in [1.807, 2.05) is 24.3 Å². The molecule has 0 saturated heterocycles. The van der Waals surface area contributed by atoms with Crippen molar-refractivity contribution in [3.05, 3.63) is 69.2 Å². The lowest BCUT2D eigenvalue weighted by molar-refractivity contribution is 0.465. The zero-order valence-electron chi connectivity index (χ0n) is 11.9. The summed E-state index contributed by atoms with van der Waals surface area (Å²) in [6.07, 6.45) is 2.26. The predicted octanol–water partition coefficient (Wildman–Crippen LogP) is 4.66. The van der Waals surface area contributed by atoms with E-state index in [0.29, 0.717) is 11.6 Å². The molecule has 0 radical (unpaired) electrons. The molecule has 1 N–H and O–H groups in total. The molecule has 0 fully saturated rings. The van der Waals surface area contributed by atoms with Crippen molar-refractivity contribution in [2.24, 2.45) is 0 Å². The molecule has 3 heteroatoms. The number of benzene rings is 2. The summed E-state index contributed by atoms with van der Waals surface area (Å²) in [5, 5.41) is 12.6. The van der Waals surface area contributed by atoms with Gasteiger partial charge in [0.2, 0.25) is 0 Å². The zero-order valence-corrected chi connectivity index (χ0v) is 13.5. The van der Waals surface area contributed by atoms with Crippen LogP contribution in [0.15, 0.2) is 46.9 Å². The smallest absolute Gasteiger partial charge is 0.0991 e. The molecule has 0 aromatic heterocycles. The molecule has 2 unspecified atom stereocenters. The second-order valence-electron chi connectivity index (χ2n) is 5.52. The fourth-order valence-electron chi connectivity index (χ4n) is 3.03. The molecule has 3 rings (SSSR count). The first kappa shape index (κ1) is 14.3. The van der Waals surface area contributed by atoms with Crippen molar-refractivity contribution in [3.63, 3.8) is 0 Å². The van der Waals surface area contributed by atoms with Gasteiger partial charge in [-0.15, -0.1) is 0 Å². The highest BCUT2D eigenvalue weighted by Crippen LogP contribution is 2.36. The van der Waals surface area contributed by atoms with Crippen molar-refractivity contribution < 1.29 is 0 Å². The Bertz CT molecular complexity index is 685. The Labute approximate surface area is 133 Å². The third-order valence-electron chi connectivity index (χ3n) is 4.20. The molecular formula is C18H17BrN2. The topological polar surface area (TPSA) is 35.8 Å². The highest BCUT2D eigenvalue weighted by Gasteiger charge is 2.25. The van der Waals surface area contributed by atoms with E-state index in [0.717, 1.165) is 12.8 Å². The van der Waals surface area contributed by atoms with Crippen LogP contribution in [-0.4, -0.2) is 0 Å². The number of hydrogen-bond donors (Lipinski definition) is 1. The normalized spacial score (nSPS) is 18.0. The van der Waals surface area contributed by atoms with Gasteiger partial charge in [0.25, 0.3) is 0 Å². The molecule has 0 heterocycles. The lowest BCUT2D eigenvalue weighted by Gasteiger charge is -2.21. The van der Waals surface area contributed by atoms with Crippen LogP contribution in [-0.2, 0) is 6.42 Å². The Kier molecular flexibility index (Phi) is 4.10. The van der Waals surface area contributed by atoms with Gasteiger partial charge >= 0.3 is 0 Å². The van der Waals surface area contributed by atoms with E-state index in [1.165, 1.54) is 21.2 Å². The highest BCUT2D eigenvalue weighted by atomic mass is 79.9. The molecule has 0 saturated carbocycles. The minimum atomic E-state index is 0.271. The van der Waals surface area contributed by atoms with E-state index in [1.54, 1.807) is 0 Å². The first-order chi connectivity index (χ1) is 10.2. The van der Waals surface area contributed by atoms with E-state index in [-0.39, 0.29) is 6.04 Å². The van der Waals surface area contributed by atoms with Gasteiger partial charge in [-0.25, -0.2) is 0 Å². The van der Waals surface area contributed by atoms with Crippen molar-refractivity contribution >= 4 is 15.9 Å². The van der Waals surface area contributed by atoms with Crippen molar-refractivity contribution in [2.45, 2.75) is 31.8 Å². The maximum Gasteiger partial charge on any atom is 0.0991 e. The Morgan fingerprint density at radius 2 is 2.00 bits per heavy atom. The quantitative estimate of drug-likeness (QED) is 0.881. The number of nitrogens with one attached hydrogen (secondary N) is 1. The largest absolute Gasteiger partial charge is 0.303 e. The van der Waals surface area contributed by atoms with Gasteiger partial charge in [-0.05, 0) is 54.7 Å². The minimum absolute atomic E-state index is 0.271. The minimum Gasteiger partial charge on any atom is -0.303 e. The summed E-state index contributed by atoms with van der Waals surface area (Å²) < 4.78 is 1.22. The number of hydrogen-bond acceptors (Lipinski definition) is 2. The molecule has 2 nitrogen and oxygen atoms in total. The number of halogens is 1. The lowest BCUT2D eigenvalue weighted by Crippen LogP contribution is -2.23. The van der Waals surface area contributed by atoms with Crippen molar-refractivity contribution in [1.29, 1.82) is 5.26 Å². The maximum atomic E-state index is 8.86. The predicted molar refractivity (Wildman–Crippen MR) is 87.9 cm³/mol. The summed E-state index contributed by atoms with van der Waals surface area (Å²) >= 11 is 3.64. The van der Waals surface area contributed by atoms with Crippen LogP contribution in [0.5, 0.6) is 0 Å². The Morgan fingerprint density at radius 3 is 2.71 bits per heavy atom. The van der Waals surface area contributed by atoms with Crippen LogP contribution < -0.4 is 5.32 Å². The van der Waals surface area contributed by atoms with E-state index < -0.39 is 0 Å². The molecule has 21 heavy (non-hydrogen) atoms. The average Bonchev–Trinajstić information content (AvgIpc) is 2.92. The second-order valence-corrected chi connectivity index (χ2v) is 6.38. The lowest BCUT2D eigenvalue weighted by atomic mass is 10.0. The van der Waals surface area contributed by atoms with Gasteiger partial charge in [0.15, 0.2) is 0 Å². The Balaban J connectivity index is 1.76. The van der Waals surface area contributed by atoms with Crippen LogP contribution >= 0.6 is 15.9 Å². The van der Waals surface area contributed by atoms with E-state index in [4.69, 9.17) is 5.26 Å². The maximum absolute atomic E-state index is 8.86. The summed E-state index contributed by atoms with van der Waals surface area (Å²) in [6, 6.07) is 17.1. The van der Waals surface area contributed by atoms with Gasteiger partial charge in [0, 0.05) is 16.6 Å². The molecular weight excluding hydrogens is 324 g/mol. The van der Waals surface area contributed by atoms with Crippen molar-refractivity contribution in [1.82, 2.24) is 5.32 Å². The standard InChI is InChI=1S/C18H17BrN2/c1-12(14-7-5-13(11-20)6-8-14)21-18-10-9-15-16(18)3-2-4-17(15)19/h2-8,12,18,21H,9-10H2,1H3. The van der Waals surface area contributed by atoms with E-state index >= 15 is 0 Å². The molecule has 0 bridgehead atoms. The van der Waals surface area contributed by atoms with E-state index in [9.17, 15) is 0 Å². The number of nitriles is 1. The van der Waals surface area contributed by atoms with Gasteiger partial charge < -0.3 is 5.32 Å². The summed E-state index contributed by atoms with van der Waals surface area (Å²) in [7, 11) is 0. The third-order valence-corrected chi connectivity index (χ3v) is 4.95. The van der Waals surface area contributed by atoms with Gasteiger partial charge in [-0.2, -0.15) is 5.26 Å². The van der Waals surface area contributed by atoms with Crippen LogP contribution in [0.1, 0.15) is 47.7 Å². The van der Waals surface area contributed by atoms with Crippen LogP contribution in [0.4, 0.5) is 0 Å². The first-order valence-corrected chi connectivity index (χ1v) is 8.01. The molecule has 2 atom stereocenters. The highest BCUT2D eigenvalue weighted by molar-refractivity contribution is 9.10. The summed E-state index contributed by atoms with van der Waals surface area (Å²) in [6.45, 7) is 2.18. The van der Waals surface area contributed by atoms with Gasteiger partial charge in [-0.3, -0.25) is 0 Å². The first-order valence-electron chi connectivity index (χ1n) is 7.22. The zero-order chi connectivity index (χ0) is 14.8. The molecule has 0 spiro atoms. The number of rotatable bonds is 3. The second kappa shape index (κ2) is 6.01. The molecule has 1 aliphatic rings. The summed E-state index contributed by atoms with van der Waals surface area (Å²) in [5.41, 5.74) is 4.77. The SMILES string of the molecule is CC(NC1CCc2c(Br)cccc21)c1ccc(C#N)cc1. The van der Waals surface area contributed by atoms with Gasteiger partial charge in [-0.1, -0.05) is 40.2 Å². The van der Waals surface area contributed by atoms with Crippen LogP contribution in [0.3, 0.4) is 0 Å². The monoisotopic (exact) mass is 340 g/mol. The average molecular weight is 341 g/mol. The summed E-state index contributed by atoms with van der Waals surface area (Å²) in [5.74, 6) is 0. The molecule has 0 aliphatic heterocycles. The Morgan fingerprint density at radius 1 is 1.24 bits per heavy atom. The van der Waals surface area contributed by atoms with Gasteiger partial charge in [0.1, 0.15) is 0 Å².